The van der Waals surface area contributed by atoms with E-state index < -0.39 is 6.23 Å². The third-order valence-corrected chi connectivity index (χ3v) is 4.86. The van der Waals surface area contributed by atoms with Crippen LogP contribution in [0.4, 0.5) is 5.69 Å². The summed E-state index contributed by atoms with van der Waals surface area (Å²) in [5.74, 6) is 2.08. The first-order chi connectivity index (χ1) is 13.8. The van der Waals surface area contributed by atoms with Crippen molar-refractivity contribution < 1.29 is 9.47 Å². The highest BCUT2D eigenvalue weighted by Crippen LogP contribution is 2.39. The Morgan fingerprint density at radius 1 is 1.21 bits per heavy atom. The Balaban J connectivity index is 1.75. The summed E-state index contributed by atoms with van der Waals surface area (Å²) in [5.41, 5.74) is 3.38. The number of nitrogens with zero attached hydrogens (tertiary/aromatic N) is 3. The van der Waals surface area contributed by atoms with Crippen LogP contribution < -0.4 is 14.8 Å². The van der Waals surface area contributed by atoms with Crippen LogP contribution in [0.3, 0.4) is 0 Å². The zero-order valence-electron chi connectivity index (χ0n) is 15.5. The molecule has 4 rings (SSSR count). The van der Waals surface area contributed by atoms with E-state index in [2.05, 4.69) is 34.0 Å². The van der Waals surface area contributed by atoms with Crippen LogP contribution in [-0.4, -0.2) is 27.5 Å². The minimum Gasteiger partial charge on any atom is -0.490 e. The number of nitrogens with one attached hydrogen (secondary N) is 1. The van der Waals surface area contributed by atoms with Gasteiger partial charge in [-0.15, -0.1) is 10.2 Å². The Morgan fingerprint density at radius 2 is 2.11 bits per heavy atom. The third kappa shape index (κ3) is 3.80. The first-order valence-electron chi connectivity index (χ1n) is 9.02. The van der Waals surface area contributed by atoms with Gasteiger partial charge in [-0.1, -0.05) is 61.7 Å². The van der Waals surface area contributed by atoms with Crippen LogP contribution in [0.15, 0.2) is 66.3 Å². The van der Waals surface area contributed by atoms with Crippen LogP contribution >= 0.6 is 11.8 Å². The topological polar surface area (TPSA) is 69.2 Å². The molecule has 0 amide bonds. The Kier molecular flexibility index (Phi) is 5.43. The van der Waals surface area contributed by atoms with Gasteiger partial charge in [0.05, 0.1) is 0 Å². The van der Waals surface area contributed by atoms with Gasteiger partial charge in [0.1, 0.15) is 12.4 Å². The SMILES string of the molecule is C=CCOc1cccc([C@H]2Nc3ccccc3-c3nnc(SCC)nc3O2)c1. The van der Waals surface area contributed by atoms with Crippen molar-refractivity contribution in [1.29, 1.82) is 0 Å². The van der Waals surface area contributed by atoms with Crippen molar-refractivity contribution in [2.24, 2.45) is 0 Å². The van der Waals surface area contributed by atoms with Crippen molar-refractivity contribution in [1.82, 2.24) is 15.2 Å². The van der Waals surface area contributed by atoms with Crippen LogP contribution in [0.5, 0.6) is 11.6 Å². The van der Waals surface area contributed by atoms with Crippen LogP contribution in [0.2, 0.25) is 0 Å². The molecule has 1 N–H and O–H groups in total. The largest absolute Gasteiger partial charge is 0.490 e. The zero-order valence-corrected chi connectivity index (χ0v) is 16.3. The minimum atomic E-state index is -0.439. The van der Waals surface area contributed by atoms with E-state index in [1.807, 2.05) is 48.5 Å². The lowest BCUT2D eigenvalue weighted by Gasteiger charge is -2.20. The number of hydrogen-bond acceptors (Lipinski definition) is 7. The average molecular weight is 392 g/mol. The van der Waals surface area contributed by atoms with Crippen molar-refractivity contribution in [3.63, 3.8) is 0 Å². The quantitative estimate of drug-likeness (QED) is 0.481. The fraction of sp³-hybridized carbons (Fsp3) is 0.190. The second-order valence-electron chi connectivity index (χ2n) is 6.04. The van der Waals surface area contributed by atoms with Gasteiger partial charge in [0.25, 0.3) is 0 Å². The van der Waals surface area contributed by atoms with E-state index in [0.29, 0.717) is 23.3 Å². The normalized spacial score (nSPS) is 14.7. The second kappa shape index (κ2) is 8.31. The third-order valence-electron chi connectivity index (χ3n) is 4.14. The second-order valence-corrected chi connectivity index (χ2v) is 7.27. The van der Waals surface area contributed by atoms with E-state index in [1.54, 1.807) is 6.08 Å². The number of thioether (sulfide) groups is 1. The Bertz CT molecular complexity index is 996. The molecule has 6 nitrogen and oxygen atoms in total. The van der Waals surface area contributed by atoms with Crippen molar-refractivity contribution in [3.8, 4) is 22.9 Å². The van der Waals surface area contributed by atoms with Crippen LogP contribution in [0.1, 0.15) is 18.7 Å². The van der Waals surface area contributed by atoms with Crippen molar-refractivity contribution in [3.05, 3.63) is 66.7 Å². The highest BCUT2D eigenvalue weighted by Gasteiger charge is 2.26. The summed E-state index contributed by atoms with van der Waals surface area (Å²) < 4.78 is 11.9. The molecule has 28 heavy (non-hydrogen) atoms. The molecule has 0 spiro atoms. The van der Waals surface area contributed by atoms with E-state index in [1.165, 1.54) is 11.8 Å². The van der Waals surface area contributed by atoms with Gasteiger partial charge < -0.3 is 14.8 Å². The highest BCUT2D eigenvalue weighted by molar-refractivity contribution is 7.99. The molecule has 1 aliphatic rings. The molecule has 0 bridgehead atoms. The van der Waals surface area contributed by atoms with Gasteiger partial charge in [-0.2, -0.15) is 4.98 Å². The molecule has 0 saturated carbocycles. The maximum absolute atomic E-state index is 6.26. The van der Waals surface area contributed by atoms with Gasteiger partial charge >= 0.3 is 0 Å². The number of fused-ring (bicyclic) bond motifs is 3. The molecule has 7 heteroatoms. The number of benzene rings is 2. The fourth-order valence-electron chi connectivity index (χ4n) is 2.91. The Morgan fingerprint density at radius 3 is 2.96 bits per heavy atom. The predicted octanol–water partition coefficient (Wildman–Crippen LogP) is 4.72. The Labute approximate surface area is 168 Å². The molecule has 2 aromatic carbocycles. The lowest BCUT2D eigenvalue weighted by molar-refractivity contribution is 0.224. The van der Waals surface area contributed by atoms with Gasteiger partial charge in [-0.25, -0.2) is 0 Å². The summed E-state index contributed by atoms with van der Waals surface area (Å²) in [6.45, 7) is 6.19. The average Bonchev–Trinajstić information content (AvgIpc) is 2.89. The summed E-state index contributed by atoms with van der Waals surface area (Å²) in [6, 6.07) is 15.7. The van der Waals surface area contributed by atoms with Gasteiger partial charge in [-0.05, 0) is 24.0 Å². The van der Waals surface area contributed by atoms with Gasteiger partial charge in [0, 0.05) is 16.8 Å². The first-order valence-corrected chi connectivity index (χ1v) is 10.0. The molecule has 0 saturated heterocycles. The maximum Gasteiger partial charge on any atom is 0.247 e. The fourth-order valence-corrected chi connectivity index (χ4v) is 3.42. The van der Waals surface area contributed by atoms with E-state index in [4.69, 9.17) is 9.47 Å². The summed E-state index contributed by atoms with van der Waals surface area (Å²) >= 11 is 1.53. The maximum atomic E-state index is 6.26. The summed E-state index contributed by atoms with van der Waals surface area (Å²) in [5, 5.41) is 12.7. The van der Waals surface area contributed by atoms with Gasteiger partial charge in [0.2, 0.25) is 11.0 Å². The van der Waals surface area contributed by atoms with E-state index in [9.17, 15) is 0 Å². The Hall–Kier alpha value is -3.06. The van der Waals surface area contributed by atoms with Crippen molar-refractivity contribution in [2.75, 3.05) is 17.7 Å². The van der Waals surface area contributed by atoms with Gasteiger partial charge in [-0.3, -0.25) is 0 Å². The van der Waals surface area contributed by atoms with Crippen molar-refractivity contribution >= 4 is 17.4 Å². The lowest BCUT2D eigenvalue weighted by atomic mass is 10.1. The summed E-state index contributed by atoms with van der Waals surface area (Å²) in [4.78, 5) is 4.59. The molecule has 0 radical (unpaired) electrons. The molecule has 142 valence electrons. The molecule has 0 aliphatic carbocycles. The standard InChI is InChI=1S/C21H20N4O2S/c1-3-12-26-15-9-7-8-14(13-15)19-22-17-11-6-5-10-16(17)18-20(27-19)23-21(25-24-18)28-4-2/h3,5-11,13,19,22H,1,4,12H2,2H3/t19-/m0/s1. The van der Waals surface area contributed by atoms with Crippen LogP contribution in [-0.2, 0) is 0 Å². The highest BCUT2D eigenvalue weighted by atomic mass is 32.2. The van der Waals surface area contributed by atoms with E-state index in [-0.39, 0.29) is 0 Å². The first kappa shape index (κ1) is 18.3. The number of hydrogen-bond donors (Lipinski definition) is 1. The van der Waals surface area contributed by atoms with E-state index in [0.717, 1.165) is 28.3 Å². The number of rotatable bonds is 6. The monoisotopic (exact) mass is 392 g/mol. The number of aromatic nitrogens is 3. The minimum absolute atomic E-state index is 0.439. The van der Waals surface area contributed by atoms with Gasteiger partial charge in [0.15, 0.2) is 11.9 Å². The predicted molar refractivity (Wildman–Crippen MR) is 111 cm³/mol. The number of para-hydroxylation sites is 1. The molecule has 1 atom stereocenters. The molecule has 2 heterocycles. The van der Waals surface area contributed by atoms with E-state index >= 15 is 0 Å². The zero-order chi connectivity index (χ0) is 19.3. The molecular formula is C21H20N4O2S. The molecule has 1 aliphatic heterocycles. The molecule has 0 unspecified atom stereocenters. The molecular weight excluding hydrogens is 372 g/mol. The molecule has 3 aromatic rings. The van der Waals surface area contributed by atoms with Crippen molar-refractivity contribution in [2.45, 2.75) is 18.3 Å². The van der Waals surface area contributed by atoms with Crippen LogP contribution in [0.25, 0.3) is 11.3 Å². The van der Waals surface area contributed by atoms with Crippen LogP contribution in [0, 0.1) is 0 Å². The molecule has 1 aromatic heterocycles. The summed E-state index contributed by atoms with van der Waals surface area (Å²) in [6.07, 6.45) is 1.28. The molecule has 0 fully saturated rings. The number of ether oxygens (including phenoxy) is 2. The smallest absolute Gasteiger partial charge is 0.247 e. The summed E-state index contributed by atoms with van der Waals surface area (Å²) in [7, 11) is 0. The number of anilines is 1. The lowest BCUT2D eigenvalue weighted by Crippen LogP contribution is -2.17.